The highest BCUT2D eigenvalue weighted by molar-refractivity contribution is 7.89. The maximum Gasteiger partial charge on any atom is 0.318 e. The zero-order chi connectivity index (χ0) is 12.1. The van der Waals surface area contributed by atoms with Crippen LogP contribution in [0.5, 0.6) is 0 Å². The van der Waals surface area contributed by atoms with E-state index in [1.165, 1.54) is 0 Å². The number of hydrogen-bond acceptors (Lipinski definition) is 3. The summed E-state index contributed by atoms with van der Waals surface area (Å²) in [6.07, 6.45) is 0.616. The molecule has 0 atom stereocenters. The normalized spacial score (nSPS) is 12.3. The lowest BCUT2D eigenvalue weighted by molar-refractivity contribution is -0.137. The number of nitrogens with zero attached hydrogens (tertiary/aromatic N) is 1. The van der Waals surface area contributed by atoms with E-state index in [-0.39, 0.29) is 18.2 Å². The van der Waals surface area contributed by atoms with Crippen molar-refractivity contribution in [2.45, 2.75) is 27.2 Å². The van der Waals surface area contributed by atoms with Crippen molar-refractivity contribution < 1.29 is 18.3 Å². The van der Waals surface area contributed by atoms with Crippen molar-refractivity contribution in [3.8, 4) is 0 Å². The fourth-order valence-electron chi connectivity index (χ4n) is 1.24. The summed E-state index contributed by atoms with van der Waals surface area (Å²) >= 11 is 0. The molecule has 6 heteroatoms. The number of rotatable bonds is 7. The van der Waals surface area contributed by atoms with Gasteiger partial charge in [-0.3, -0.25) is 4.79 Å². The zero-order valence-corrected chi connectivity index (χ0v) is 10.2. The maximum atomic E-state index is 11.7. The van der Waals surface area contributed by atoms with E-state index < -0.39 is 22.5 Å². The predicted octanol–water partition coefficient (Wildman–Crippen LogP) is 0.769. The third kappa shape index (κ3) is 5.74. The quantitative estimate of drug-likeness (QED) is 0.709. The molecule has 0 spiro atoms. The van der Waals surface area contributed by atoms with Crippen molar-refractivity contribution in [2.24, 2.45) is 5.92 Å². The van der Waals surface area contributed by atoms with E-state index in [1.54, 1.807) is 13.8 Å². The average molecular weight is 237 g/mol. The van der Waals surface area contributed by atoms with E-state index in [1.807, 2.05) is 6.92 Å². The van der Waals surface area contributed by atoms with Gasteiger partial charge in [0.2, 0.25) is 10.0 Å². The predicted molar refractivity (Wildman–Crippen MR) is 58.1 cm³/mol. The van der Waals surface area contributed by atoms with Crippen LogP contribution in [0, 0.1) is 5.92 Å². The maximum absolute atomic E-state index is 11.7. The number of sulfonamides is 1. The van der Waals surface area contributed by atoms with Crippen LogP contribution in [0.2, 0.25) is 0 Å². The van der Waals surface area contributed by atoms with Crippen LogP contribution in [0.15, 0.2) is 0 Å². The molecule has 0 aliphatic carbocycles. The molecule has 0 aromatic carbocycles. The molecule has 0 fully saturated rings. The van der Waals surface area contributed by atoms with E-state index in [4.69, 9.17) is 5.11 Å². The Bertz CT molecular complexity index is 297. The lowest BCUT2D eigenvalue weighted by Gasteiger charge is -2.20. The van der Waals surface area contributed by atoms with E-state index in [0.717, 1.165) is 4.31 Å². The largest absolute Gasteiger partial charge is 0.480 e. The van der Waals surface area contributed by atoms with Crippen LogP contribution in [0.3, 0.4) is 0 Å². The van der Waals surface area contributed by atoms with E-state index in [0.29, 0.717) is 6.42 Å². The Labute approximate surface area is 91.1 Å². The molecule has 0 saturated carbocycles. The van der Waals surface area contributed by atoms with E-state index >= 15 is 0 Å². The Morgan fingerprint density at radius 1 is 1.40 bits per heavy atom. The van der Waals surface area contributed by atoms with Crippen LogP contribution >= 0.6 is 0 Å². The molecule has 0 unspecified atom stereocenters. The van der Waals surface area contributed by atoms with Gasteiger partial charge in [-0.25, -0.2) is 8.42 Å². The second kappa shape index (κ2) is 6.07. The molecular formula is C9H19NO4S. The summed E-state index contributed by atoms with van der Waals surface area (Å²) in [5, 5.41) is 8.60. The van der Waals surface area contributed by atoms with Crippen molar-refractivity contribution in [1.29, 1.82) is 0 Å². The molecule has 90 valence electrons. The molecule has 0 radical (unpaired) electrons. The van der Waals surface area contributed by atoms with Gasteiger partial charge in [0.05, 0.1) is 5.75 Å². The Morgan fingerprint density at radius 2 is 1.93 bits per heavy atom. The first-order chi connectivity index (χ1) is 6.79. The molecule has 0 aliphatic rings. The summed E-state index contributed by atoms with van der Waals surface area (Å²) < 4.78 is 24.5. The topological polar surface area (TPSA) is 74.7 Å². The Kier molecular flexibility index (Phi) is 5.82. The molecule has 15 heavy (non-hydrogen) atoms. The third-order valence-corrected chi connectivity index (χ3v) is 3.91. The minimum atomic E-state index is -3.43. The van der Waals surface area contributed by atoms with Gasteiger partial charge in [0, 0.05) is 6.54 Å². The number of carboxylic acids is 1. The van der Waals surface area contributed by atoms with Crippen LogP contribution in [0.1, 0.15) is 27.2 Å². The van der Waals surface area contributed by atoms with E-state index in [9.17, 15) is 13.2 Å². The number of hydrogen-bond donors (Lipinski definition) is 1. The summed E-state index contributed by atoms with van der Waals surface area (Å²) in [6, 6.07) is 0. The molecule has 5 nitrogen and oxygen atoms in total. The molecule has 0 bridgehead atoms. The minimum absolute atomic E-state index is 0.000278. The summed E-state index contributed by atoms with van der Waals surface area (Å²) in [6.45, 7) is 5.23. The van der Waals surface area contributed by atoms with Crippen molar-refractivity contribution in [2.75, 3.05) is 18.8 Å². The van der Waals surface area contributed by atoms with Gasteiger partial charge in [-0.15, -0.1) is 0 Å². The lowest BCUT2D eigenvalue weighted by Crippen LogP contribution is -2.38. The van der Waals surface area contributed by atoms with Crippen LogP contribution in [0.4, 0.5) is 0 Å². The highest BCUT2D eigenvalue weighted by Gasteiger charge is 2.24. The number of aliphatic carboxylic acids is 1. The zero-order valence-electron chi connectivity index (χ0n) is 9.43. The molecule has 0 aromatic heterocycles. The second-order valence-electron chi connectivity index (χ2n) is 3.90. The van der Waals surface area contributed by atoms with Gasteiger partial charge in [0.1, 0.15) is 6.54 Å². The standard InChI is InChI=1S/C9H19NO4S/c1-4-5-10(6-9(11)12)15(13,14)7-8(2)3/h8H,4-7H2,1-3H3,(H,11,12). The van der Waals surface area contributed by atoms with E-state index in [2.05, 4.69) is 0 Å². The first kappa shape index (κ1) is 14.4. The first-order valence-corrected chi connectivity index (χ1v) is 6.60. The van der Waals surface area contributed by atoms with Gasteiger partial charge in [-0.1, -0.05) is 20.8 Å². The molecule has 1 N–H and O–H groups in total. The van der Waals surface area contributed by atoms with Crippen LogP contribution < -0.4 is 0 Å². The van der Waals surface area contributed by atoms with Gasteiger partial charge < -0.3 is 5.11 Å². The summed E-state index contributed by atoms with van der Waals surface area (Å²) in [7, 11) is -3.43. The summed E-state index contributed by atoms with van der Waals surface area (Å²) in [4.78, 5) is 10.5. The summed E-state index contributed by atoms with van der Waals surface area (Å²) in [5.41, 5.74) is 0. The van der Waals surface area contributed by atoms with Gasteiger partial charge >= 0.3 is 5.97 Å². The molecule has 0 rings (SSSR count). The highest BCUT2D eigenvalue weighted by atomic mass is 32.2. The molecule has 0 saturated heterocycles. The molecular weight excluding hydrogens is 218 g/mol. The van der Waals surface area contributed by atoms with Gasteiger partial charge in [-0.05, 0) is 12.3 Å². The molecule has 0 heterocycles. The molecule has 0 amide bonds. The fraction of sp³-hybridized carbons (Fsp3) is 0.889. The third-order valence-electron chi connectivity index (χ3n) is 1.72. The number of carboxylic acid groups (broad SMARTS) is 1. The monoisotopic (exact) mass is 237 g/mol. The fourth-order valence-corrected chi connectivity index (χ4v) is 3.06. The van der Waals surface area contributed by atoms with Crippen molar-refractivity contribution in [3.05, 3.63) is 0 Å². The van der Waals surface area contributed by atoms with Crippen LogP contribution in [0.25, 0.3) is 0 Å². The van der Waals surface area contributed by atoms with Crippen LogP contribution in [-0.4, -0.2) is 42.6 Å². The minimum Gasteiger partial charge on any atom is -0.480 e. The summed E-state index contributed by atoms with van der Waals surface area (Å²) in [5.74, 6) is -1.11. The van der Waals surface area contributed by atoms with Crippen molar-refractivity contribution in [3.63, 3.8) is 0 Å². The second-order valence-corrected chi connectivity index (χ2v) is 5.91. The average Bonchev–Trinajstić information content (AvgIpc) is 2.00. The Morgan fingerprint density at radius 3 is 2.27 bits per heavy atom. The Balaban J connectivity index is 4.66. The van der Waals surface area contributed by atoms with Crippen molar-refractivity contribution in [1.82, 2.24) is 4.31 Å². The highest BCUT2D eigenvalue weighted by Crippen LogP contribution is 2.07. The van der Waals surface area contributed by atoms with Crippen LogP contribution in [-0.2, 0) is 14.8 Å². The SMILES string of the molecule is CCCN(CC(=O)O)S(=O)(=O)CC(C)C. The number of carbonyl (C=O) groups is 1. The van der Waals surface area contributed by atoms with Gasteiger partial charge in [0.15, 0.2) is 0 Å². The van der Waals surface area contributed by atoms with Gasteiger partial charge in [-0.2, -0.15) is 4.31 Å². The van der Waals surface area contributed by atoms with Gasteiger partial charge in [0.25, 0.3) is 0 Å². The van der Waals surface area contributed by atoms with Crippen molar-refractivity contribution >= 4 is 16.0 Å². The smallest absolute Gasteiger partial charge is 0.318 e. The molecule has 0 aliphatic heterocycles. The molecule has 0 aromatic rings. The Hall–Kier alpha value is -0.620. The first-order valence-electron chi connectivity index (χ1n) is 4.99. The lowest BCUT2D eigenvalue weighted by atomic mass is 10.3.